The van der Waals surface area contributed by atoms with Gasteiger partial charge in [-0.25, -0.2) is 0 Å². The molecule has 2 atom stereocenters. The fourth-order valence-corrected chi connectivity index (χ4v) is 3.86. The summed E-state index contributed by atoms with van der Waals surface area (Å²) in [4.78, 5) is 13.3. The number of hydrogen-bond donors (Lipinski definition) is 1. The van der Waals surface area contributed by atoms with Crippen molar-refractivity contribution < 1.29 is 4.79 Å². The molecule has 1 aromatic heterocycles. The first-order valence-corrected chi connectivity index (χ1v) is 8.13. The molecular formula is C12H18BrN3OS. The highest BCUT2D eigenvalue weighted by atomic mass is 79.9. The molecule has 2 rings (SSSR count). The maximum atomic E-state index is 12.0. The van der Waals surface area contributed by atoms with Gasteiger partial charge in [0.05, 0.1) is 5.69 Å². The maximum absolute atomic E-state index is 12.0. The molecule has 1 saturated carbocycles. The Hall–Kier alpha value is -0.490. The van der Waals surface area contributed by atoms with Gasteiger partial charge in [0.1, 0.15) is 4.88 Å². The van der Waals surface area contributed by atoms with E-state index in [4.69, 9.17) is 0 Å². The third-order valence-corrected chi connectivity index (χ3v) is 4.97. The molecule has 0 radical (unpaired) electrons. The molecule has 1 amide bonds. The predicted octanol–water partition coefficient (Wildman–Crippen LogP) is 2.78. The second-order valence-electron chi connectivity index (χ2n) is 4.74. The summed E-state index contributed by atoms with van der Waals surface area (Å²) < 4.78 is 3.84. The zero-order valence-electron chi connectivity index (χ0n) is 10.5. The summed E-state index contributed by atoms with van der Waals surface area (Å²) >= 11 is 4.85. The van der Waals surface area contributed by atoms with Crippen LogP contribution in [0.1, 0.15) is 48.0 Å². The van der Waals surface area contributed by atoms with Gasteiger partial charge in [-0.3, -0.25) is 4.79 Å². The van der Waals surface area contributed by atoms with Gasteiger partial charge in [0.25, 0.3) is 5.91 Å². The van der Waals surface area contributed by atoms with Crippen molar-refractivity contribution in [1.82, 2.24) is 14.9 Å². The van der Waals surface area contributed by atoms with Gasteiger partial charge in [-0.15, -0.1) is 5.10 Å². The number of carbonyl (C=O) groups is 1. The van der Waals surface area contributed by atoms with E-state index >= 15 is 0 Å². The molecule has 6 heteroatoms. The number of alkyl halides is 1. The van der Waals surface area contributed by atoms with Crippen LogP contribution in [0, 0.1) is 5.92 Å². The summed E-state index contributed by atoms with van der Waals surface area (Å²) in [7, 11) is 0. The number of carbonyl (C=O) groups excluding carboxylic acids is 1. The normalized spacial score (nSPS) is 23.9. The van der Waals surface area contributed by atoms with E-state index in [2.05, 4.69) is 30.8 Å². The number of aromatic nitrogens is 2. The highest BCUT2D eigenvalue weighted by Crippen LogP contribution is 2.28. The minimum Gasteiger partial charge on any atom is -0.351 e. The van der Waals surface area contributed by atoms with Crippen LogP contribution in [0.4, 0.5) is 0 Å². The van der Waals surface area contributed by atoms with Crippen LogP contribution >= 0.6 is 27.5 Å². The van der Waals surface area contributed by atoms with Crippen LogP contribution < -0.4 is 5.32 Å². The molecule has 4 nitrogen and oxygen atoms in total. The average Bonchev–Trinajstić information content (AvgIpc) is 2.84. The van der Waals surface area contributed by atoms with Crippen molar-refractivity contribution in [2.75, 3.05) is 6.54 Å². The van der Waals surface area contributed by atoms with Gasteiger partial charge in [0.2, 0.25) is 0 Å². The van der Waals surface area contributed by atoms with Crippen LogP contribution in [0.15, 0.2) is 0 Å². The number of halogens is 1. The summed E-state index contributed by atoms with van der Waals surface area (Å²) in [5.74, 6) is 0.580. The first-order chi connectivity index (χ1) is 8.70. The second kappa shape index (κ2) is 6.61. The van der Waals surface area contributed by atoms with Crippen molar-refractivity contribution in [2.45, 2.75) is 43.9 Å². The molecular weight excluding hydrogens is 314 g/mol. The van der Waals surface area contributed by atoms with Gasteiger partial charge < -0.3 is 5.32 Å². The minimum atomic E-state index is -0.0152. The molecule has 0 aromatic carbocycles. The van der Waals surface area contributed by atoms with E-state index in [0.29, 0.717) is 15.6 Å². The number of aryl methyl sites for hydroxylation is 1. The largest absolute Gasteiger partial charge is 0.351 e. The second-order valence-corrected chi connectivity index (χ2v) is 6.79. The summed E-state index contributed by atoms with van der Waals surface area (Å²) in [6, 6.07) is 0. The Balaban J connectivity index is 1.84. The molecule has 100 valence electrons. The summed E-state index contributed by atoms with van der Waals surface area (Å²) in [5.41, 5.74) is 0.805. The predicted molar refractivity (Wildman–Crippen MR) is 76.3 cm³/mol. The third-order valence-electron chi connectivity index (χ3n) is 3.37. The Morgan fingerprint density at radius 1 is 1.56 bits per heavy atom. The lowest BCUT2D eigenvalue weighted by Gasteiger charge is -2.25. The van der Waals surface area contributed by atoms with Crippen LogP contribution in [-0.4, -0.2) is 26.9 Å². The number of hydrogen-bond acceptors (Lipinski definition) is 4. The van der Waals surface area contributed by atoms with E-state index in [1.54, 1.807) is 0 Å². The highest BCUT2D eigenvalue weighted by molar-refractivity contribution is 9.09. The Morgan fingerprint density at radius 2 is 2.39 bits per heavy atom. The van der Waals surface area contributed by atoms with Gasteiger partial charge in [-0.1, -0.05) is 33.8 Å². The minimum absolute atomic E-state index is 0.0152. The molecule has 1 heterocycles. The lowest BCUT2D eigenvalue weighted by Crippen LogP contribution is -2.32. The van der Waals surface area contributed by atoms with Gasteiger partial charge >= 0.3 is 0 Å². The Bertz CT molecular complexity index is 410. The van der Waals surface area contributed by atoms with Crippen molar-refractivity contribution in [3.8, 4) is 0 Å². The lowest BCUT2D eigenvalue weighted by molar-refractivity contribution is 0.0947. The van der Waals surface area contributed by atoms with Crippen molar-refractivity contribution >= 4 is 33.4 Å². The standard InChI is InChI=1S/C12H18BrN3OS/c1-2-10-11(18-16-15-10)12(17)14-7-8-4-3-5-9(13)6-8/h8-9H,2-7H2,1H3,(H,14,17). The molecule has 1 aliphatic rings. The number of amides is 1. The van der Waals surface area contributed by atoms with E-state index < -0.39 is 0 Å². The van der Waals surface area contributed by atoms with Crippen LogP contribution in [0.25, 0.3) is 0 Å². The summed E-state index contributed by atoms with van der Waals surface area (Å²) in [6.45, 7) is 2.76. The van der Waals surface area contributed by atoms with E-state index in [0.717, 1.165) is 25.1 Å². The van der Waals surface area contributed by atoms with E-state index in [1.165, 1.54) is 30.8 Å². The van der Waals surface area contributed by atoms with Gasteiger partial charge in [-0.05, 0) is 43.1 Å². The zero-order valence-corrected chi connectivity index (χ0v) is 12.9. The Morgan fingerprint density at radius 3 is 3.11 bits per heavy atom. The molecule has 0 spiro atoms. The number of nitrogens with zero attached hydrogens (tertiary/aromatic N) is 2. The van der Waals surface area contributed by atoms with E-state index in [9.17, 15) is 4.79 Å². The molecule has 1 aromatic rings. The molecule has 0 aliphatic heterocycles. The monoisotopic (exact) mass is 331 g/mol. The van der Waals surface area contributed by atoms with Crippen LogP contribution in [0.3, 0.4) is 0 Å². The topological polar surface area (TPSA) is 54.9 Å². The van der Waals surface area contributed by atoms with Crippen molar-refractivity contribution in [1.29, 1.82) is 0 Å². The van der Waals surface area contributed by atoms with Gasteiger partial charge in [0.15, 0.2) is 0 Å². The van der Waals surface area contributed by atoms with Gasteiger partial charge in [-0.2, -0.15) is 0 Å². The summed E-state index contributed by atoms with van der Waals surface area (Å²) in [6.07, 6.45) is 5.62. The number of rotatable bonds is 4. The fourth-order valence-electron chi connectivity index (χ4n) is 2.34. The zero-order chi connectivity index (χ0) is 13.0. The molecule has 2 unspecified atom stereocenters. The SMILES string of the molecule is CCc1nnsc1C(=O)NCC1CCCC(Br)C1. The van der Waals surface area contributed by atoms with Crippen LogP contribution in [0.2, 0.25) is 0 Å². The Kier molecular flexibility index (Phi) is 5.12. The highest BCUT2D eigenvalue weighted by Gasteiger charge is 2.21. The molecule has 1 N–H and O–H groups in total. The Labute approximate surface area is 120 Å². The van der Waals surface area contributed by atoms with Crippen molar-refractivity contribution in [3.05, 3.63) is 10.6 Å². The first-order valence-electron chi connectivity index (χ1n) is 6.44. The lowest BCUT2D eigenvalue weighted by atomic mass is 9.89. The molecule has 1 aliphatic carbocycles. The molecule has 18 heavy (non-hydrogen) atoms. The molecule has 0 bridgehead atoms. The quantitative estimate of drug-likeness (QED) is 0.863. The average molecular weight is 332 g/mol. The number of nitrogens with one attached hydrogen (secondary N) is 1. The van der Waals surface area contributed by atoms with E-state index in [-0.39, 0.29) is 5.91 Å². The van der Waals surface area contributed by atoms with Crippen molar-refractivity contribution in [3.63, 3.8) is 0 Å². The molecule has 0 saturated heterocycles. The molecule has 1 fully saturated rings. The summed E-state index contributed by atoms with van der Waals surface area (Å²) in [5, 5.41) is 6.98. The van der Waals surface area contributed by atoms with Gasteiger partial charge in [0, 0.05) is 11.4 Å². The van der Waals surface area contributed by atoms with Crippen LogP contribution in [-0.2, 0) is 6.42 Å². The van der Waals surface area contributed by atoms with E-state index in [1.807, 2.05) is 6.92 Å². The first kappa shape index (κ1) is 13.9. The van der Waals surface area contributed by atoms with Crippen LogP contribution in [0.5, 0.6) is 0 Å². The smallest absolute Gasteiger partial charge is 0.264 e. The fraction of sp³-hybridized carbons (Fsp3) is 0.750. The third kappa shape index (κ3) is 3.51. The van der Waals surface area contributed by atoms with Crippen molar-refractivity contribution in [2.24, 2.45) is 5.92 Å². The maximum Gasteiger partial charge on any atom is 0.264 e.